The summed E-state index contributed by atoms with van der Waals surface area (Å²) in [5, 5.41) is 14.2. The van der Waals surface area contributed by atoms with E-state index in [-0.39, 0.29) is 6.54 Å². The molecule has 0 spiro atoms. The molecule has 2 aromatic rings. The zero-order valence-electron chi connectivity index (χ0n) is 19.4. The maximum Gasteiger partial charge on any atom is 0.194 e. The fraction of sp³-hybridized carbons (Fsp3) is 0.458. The number of aliphatic hydroxyl groups excluding tert-OH is 1. The first kappa shape index (κ1) is 23.5. The van der Waals surface area contributed by atoms with Gasteiger partial charge >= 0.3 is 0 Å². The Morgan fingerprint density at radius 1 is 1.00 bits per heavy atom. The van der Waals surface area contributed by atoms with Crippen molar-refractivity contribution >= 4 is 11.6 Å². The molecule has 0 bridgehead atoms. The maximum atomic E-state index is 10.8. The fourth-order valence-electron chi connectivity index (χ4n) is 3.78. The highest BCUT2D eigenvalue weighted by atomic mass is 16.5. The number of guanidine groups is 1. The molecule has 1 heterocycles. The van der Waals surface area contributed by atoms with Crippen molar-refractivity contribution in [2.24, 2.45) is 4.99 Å². The number of anilines is 1. The molecule has 0 radical (unpaired) electrons. The Morgan fingerprint density at radius 3 is 2.38 bits per heavy atom. The second-order valence-corrected chi connectivity index (χ2v) is 7.49. The van der Waals surface area contributed by atoms with E-state index in [4.69, 9.17) is 19.2 Å². The van der Waals surface area contributed by atoms with Crippen molar-refractivity contribution in [3.63, 3.8) is 0 Å². The molecule has 1 aliphatic heterocycles. The van der Waals surface area contributed by atoms with Crippen molar-refractivity contribution in [1.82, 2.24) is 10.2 Å². The lowest BCUT2D eigenvalue weighted by atomic mass is 10.1. The van der Waals surface area contributed by atoms with Gasteiger partial charge in [0.15, 0.2) is 5.96 Å². The van der Waals surface area contributed by atoms with Gasteiger partial charge in [0.05, 0.1) is 27.9 Å². The Kier molecular flexibility index (Phi) is 8.44. The van der Waals surface area contributed by atoms with Gasteiger partial charge in [-0.1, -0.05) is 6.07 Å². The molecular formula is C24H34N4O4. The summed E-state index contributed by atoms with van der Waals surface area (Å²) in [5.41, 5.74) is 1.82. The van der Waals surface area contributed by atoms with Crippen LogP contribution in [0.5, 0.6) is 17.2 Å². The molecule has 1 unspecified atom stereocenters. The van der Waals surface area contributed by atoms with E-state index in [1.165, 1.54) is 0 Å². The normalized spacial score (nSPS) is 15.3. The van der Waals surface area contributed by atoms with Gasteiger partial charge in [-0.25, -0.2) is 0 Å². The number of nitrogens with one attached hydrogen (secondary N) is 1. The SMILES string of the molecule is CCNC(=NCC(O)c1cc(OC)ccc1OC)N1CCN(c2cccc(OC)c2)CC1. The summed E-state index contributed by atoms with van der Waals surface area (Å²) in [6, 6.07) is 13.5. The molecule has 2 aromatic carbocycles. The lowest BCUT2D eigenvalue weighted by Gasteiger charge is -2.37. The molecule has 0 saturated carbocycles. The molecule has 0 aromatic heterocycles. The van der Waals surface area contributed by atoms with Crippen LogP contribution in [0.15, 0.2) is 47.5 Å². The molecule has 0 aliphatic carbocycles. The number of piperazine rings is 1. The minimum atomic E-state index is -0.799. The average Bonchev–Trinajstić information content (AvgIpc) is 2.86. The van der Waals surface area contributed by atoms with E-state index in [0.29, 0.717) is 17.1 Å². The molecule has 8 nitrogen and oxygen atoms in total. The van der Waals surface area contributed by atoms with Crippen LogP contribution in [-0.4, -0.2) is 76.6 Å². The number of methoxy groups -OCH3 is 3. The predicted molar refractivity (Wildman–Crippen MR) is 127 cm³/mol. The van der Waals surface area contributed by atoms with Gasteiger partial charge in [-0.2, -0.15) is 0 Å². The maximum absolute atomic E-state index is 10.8. The summed E-state index contributed by atoms with van der Waals surface area (Å²) < 4.78 is 16.0. The Hall–Kier alpha value is -3.13. The minimum Gasteiger partial charge on any atom is -0.497 e. The number of rotatable bonds is 8. The average molecular weight is 443 g/mol. The Morgan fingerprint density at radius 2 is 1.72 bits per heavy atom. The highest BCUT2D eigenvalue weighted by Gasteiger charge is 2.21. The van der Waals surface area contributed by atoms with Crippen LogP contribution in [-0.2, 0) is 0 Å². The molecule has 1 aliphatic rings. The lowest BCUT2D eigenvalue weighted by molar-refractivity contribution is 0.181. The Labute approximate surface area is 190 Å². The summed E-state index contributed by atoms with van der Waals surface area (Å²) in [5.74, 6) is 2.95. The zero-order chi connectivity index (χ0) is 22.9. The van der Waals surface area contributed by atoms with Gasteiger partial charge in [-0.3, -0.25) is 4.99 Å². The fourth-order valence-corrected chi connectivity index (χ4v) is 3.78. The largest absolute Gasteiger partial charge is 0.497 e. The van der Waals surface area contributed by atoms with Crippen molar-refractivity contribution < 1.29 is 19.3 Å². The first-order valence-electron chi connectivity index (χ1n) is 10.9. The molecule has 32 heavy (non-hydrogen) atoms. The van der Waals surface area contributed by atoms with E-state index < -0.39 is 6.10 Å². The number of hydrogen-bond donors (Lipinski definition) is 2. The monoisotopic (exact) mass is 442 g/mol. The van der Waals surface area contributed by atoms with Crippen LogP contribution in [0.4, 0.5) is 5.69 Å². The van der Waals surface area contributed by atoms with Gasteiger partial charge in [0.25, 0.3) is 0 Å². The van der Waals surface area contributed by atoms with Gasteiger partial charge in [-0.15, -0.1) is 0 Å². The number of nitrogens with zero attached hydrogens (tertiary/aromatic N) is 3. The second-order valence-electron chi connectivity index (χ2n) is 7.49. The third-order valence-electron chi connectivity index (χ3n) is 5.54. The number of hydrogen-bond acceptors (Lipinski definition) is 6. The smallest absolute Gasteiger partial charge is 0.194 e. The van der Waals surface area contributed by atoms with Crippen molar-refractivity contribution in [1.29, 1.82) is 0 Å². The summed E-state index contributed by atoms with van der Waals surface area (Å²) in [6.07, 6.45) is -0.799. The molecule has 8 heteroatoms. The molecule has 1 fully saturated rings. The van der Waals surface area contributed by atoms with Crippen LogP contribution in [0, 0.1) is 0 Å². The van der Waals surface area contributed by atoms with Gasteiger partial charge in [-0.05, 0) is 37.3 Å². The second kappa shape index (κ2) is 11.5. The third-order valence-corrected chi connectivity index (χ3v) is 5.54. The zero-order valence-corrected chi connectivity index (χ0v) is 19.4. The van der Waals surface area contributed by atoms with Gasteiger partial charge in [0.2, 0.25) is 0 Å². The van der Waals surface area contributed by atoms with Crippen molar-refractivity contribution in [3.05, 3.63) is 48.0 Å². The lowest BCUT2D eigenvalue weighted by Crippen LogP contribution is -2.52. The number of aliphatic hydroxyl groups is 1. The highest BCUT2D eigenvalue weighted by Crippen LogP contribution is 2.29. The van der Waals surface area contributed by atoms with E-state index >= 15 is 0 Å². The van der Waals surface area contributed by atoms with Crippen LogP contribution in [0.25, 0.3) is 0 Å². The molecule has 2 N–H and O–H groups in total. The van der Waals surface area contributed by atoms with Gasteiger partial charge in [0, 0.05) is 50.0 Å². The number of aliphatic imine (C=N–C) groups is 1. The predicted octanol–water partition coefficient (Wildman–Crippen LogP) is 2.53. The summed E-state index contributed by atoms with van der Waals surface area (Å²) in [4.78, 5) is 9.29. The third kappa shape index (κ3) is 5.76. The summed E-state index contributed by atoms with van der Waals surface area (Å²) in [7, 11) is 4.88. The molecule has 0 amide bonds. The molecule has 3 rings (SSSR count). The number of benzene rings is 2. The van der Waals surface area contributed by atoms with E-state index in [9.17, 15) is 5.11 Å². The minimum absolute atomic E-state index is 0.224. The standard InChI is InChI=1S/C24H34N4O4/c1-5-25-24(26-17-22(29)21-16-20(31-3)9-10-23(21)32-4)28-13-11-27(12-14-28)18-7-6-8-19(15-18)30-2/h6-10,15-16,22,29H,5,11-14,17H2,1-4H3,(H,25,26). The molecule has 174 valence electrons. The highest BCUT2D eigenvalue weighted by molar-refractivity contribution is 5.80. The van der Waals surface area contributed by atoms with Crippen molar-refractivity contribution in [2.75, 3.05) is 65.5 Å². The topological polar surface area (TPSA) is 78.8 Å². The number of ether oxygens (including phenoxy) is 3. The quantitative estimate of drug-likeness (QED) is 0.480. The van der Waals surface area contributed by atoms with Gasteiger partial charge in [0.1, 0.15) is 23.4 Å². The summed E-state index contributed by atoms with van der Waals surface area (Å²) >= 11 is 0. The Balaban J connectivity index is 1.66. The van der Waals surface area contributed by atoms with Gasteiger partial charge < -0.3 is 34.4 Å². The van der Waals surface area contributed by atoms with Crippen LogP contribution in [0.3, 0.4) is 0 Å². The Bertz CT molecular complexity index is 897. The first-order chi connectivity index (χ1) is 15.6. The summed E-state index contributed by atoms with van der Waals surface area (Å²) in [6.45, 7) is 6.45. The van der Waals surface area contributed by atoms with Crippen LogP contribution in [0.2, 0.25) is 0 Å². The van der Waals surface area contributed by atoms with E-state index in [0.717, 1.165) is 50.1 Å². The van der Waals surface area contributed by atoms with Crippen molar-refractivity contribution in [3.8, 4) is 17.2 Å². The van der Waals surface area contributed by atoms with Crippen LogP contribution >= 0.6 is 0 Å². The van der Waals surface area contributed by atoms with E-state index in [2.05, 4.69) is 27.2 Å². The molecule has 1 saturated heterocycles. The van der Waals surface area contributed by atoms with Crippen molar-refractivity contribution in [2.45, 2.75) is 13.0 Å². The van der Waals surface area contributed by atoms with E-state index in [1.54, 1.807) is 33.5 Å². The van der Waals surface area contributed by atoms with Crippen LogP contribution < -0.4 is 24.4 Å². The molecule has 1 atom stereocenters. The molecular weight excluding hydrogens is 408 g/mol. The van der Waals surface area contributed by atoms with Crippen LogP contribution in [0.1, 0.15) is 18.6 Å². The first-order valence-corrected chi connectivity index (χ1v) is 10.9. The van der Waals surface area contributed by atoms with E-state index in [1.807, 2.05) is 25.1 Å².